The molecule has 0 radical (unpaired) electrons. The van der Waals surface area contributed by atoms with Gasteiger partial charge < -0.3 is 19.9 Å². The van der Waals surface area contributed by atoms with Crippen molar-refractivity contribution < 1.29 is 59.3 Å². The minimum Gasteiger partial charge on any atom is -0.486 e. The summed E-state index contributed by atoms with van der Waals surface area (Å²) in [6, 6.07) is 16.9. The van der Waals surface area contributed by atoms with E-state index < -0.39 is 47.0 Å². The summed E-state index contributed by atoms with van der Waals surface area (Å²) in [6.07, 6.45) is -8.84. The number of carboxylic acids is 1. The summed E-state index contributed by atoms with van der Waals surface area (Å²) < 4.78 is 113. The first kappa shape index (κ1) is 35.8. The fourth-order valence-electron chi connectivity index (χ4n) is 3.63. The van der Waals surface area contributed by atoms with Crippen LogP contribution in [0.3, 0.4) is 0 Å². The highest BCUT2D eigenvalue weighted by molar-refractivity contribution is 5.94. The van der Waals surface area contributed by atoms with Crippen LogP contribution in [0.4, 0.5) is 35.1 Å². The summed E-state index contributed by atoms with van der Waals surface area (Å²) in [7, 11) is 0. The van der Waals surface area contributed by atoms with Crippen LogP contribution in [0.15, 0.2) is 84.9 Å². The number of aromatic carboxylic acids is 1. The van der Waals surface area contributed by atoms with E-state index in [4.69, 9.17) is 19.8 Å². The monoisotopic (exact) mass is 666 g/mol. The molecule has 0 spiro atoms. The van der Waals surface area contributed by atoms with E-state index in [0.29, 0.717) is 11.1 Å². The molecule has 0 aliphatic carbocycles. The number of halogens is 8. The fraction of sp³-hybridized carbons (Fsp3) is 0.156. The third kappa shape index (κ3) is 10.7. The lowest BCUT2D eigenvalue weighted by molar-refractivity contribution is -0.138. The summed E-state index contributed by atoms with van der Waals surface area (Å²) in [5, 5.41) is 19.4. The number of ether oxygens (including phenoxy) is 2. The van der Waals surface area contributed by atoms with Crippen LogP contribution in [0.1, 0.15) is 43.0 Å². The van der Waals surface area contributed by atoms with Gasteiger partial charge in [0.2, 0.25) is 0 Å². The number of hydrogen-bond donors (Lipinski definition) is 2. The average Bonchev–Trinajstić information content (AvgIpc) is 3.02. The molecule has 47 heavy (non-hydrogen) atoms. The van der Waals surface area contributed by atoms with Crippen molar-refractivity contribution in [2.45, 2.75) is 25.6 Å². The zero-order chi connectivity index (χ0) is 34.8. The van der Waals surface area contributed by atoms with E-state index in [2.05, 4.69) is 5.32 Å². The van der Waals surface area contributed by atoms with Crippen LogP contribution in [-0.4, -0.2) is 23.5 Å². The number of nitrogens with one attached hydrogen (secondary N) is 1. The van der Waals surface area contributed by atoms with Gasteiger partial charge in [0.25, 0.3) is 5.91 Å². The lowest BCUT2D eigenvalue weighted by Gasteiger charge is -2.10. The summed E-state index contributed by atoms with van der Waals surface area (Å²) in [5.41, 5.74) is -0.907. The topological polar surface area (TPSA) is 109 Å². The van der Waals surface area contributed by atoms with E-state index in [-0.39, 0.29) is 42.4 Å². The largest absolute Gasteiger partial charge is 0.486 e. The predicted octanol–water partition coefficient (Wildman–Crippen LogP) is 7.80. The number of carbonyl (C=O) groups is 2. The molecule has 4 aromatic carbocycles. The number of alkyl halides is 6. The van der Waals surface area contributed by atoms with Gasteiger partial charge in [-0.2, -0.15) is 31.6 Å². The van der Waals surface area contributed by atoms with Gasteiger partial charge in [0, 0.05) is 5.56 Å². The second-order valence-corrected chi connectivity index (χ2v) is 9.40. The van der Waals surface area contributed by atoms with Gasteiger partial charge in [-0.1, -0.05) is 24.3 Å². The van der Waals surface area contributed by atoms with Crippen LogP contribution < -0.4 is 14.8 Å². The van der Waals surface area contributed by atoms with Crippen molar-refractivity contribution in [3.8, 4) is 17.6 Å². The molecule has 0 saturated carbocycles. The molecular weight excluding hydrogens is 644 g/mol. The molecular formula is C32H22F8N2O5. The van der Waals surface area contributed by atoms with Crippen LogP contribution in [0.2, 0.25) is 0 Å². The average molecular weight is 667 g/mol. The Morgan fingerprint density at radius 1 is 0.681 bits per heavy atom. The number of rotatable bonds is 9. The molecule has 0 unspecified atom stereocenters. The van der Waals surface area contributed by atoms with Crippen molar-refractivity contribution in [2.24, 2.45) is 0 Å². The van der Waals surface area contributed by atoms with Crippen molar-refractivity contribution >= 4 is 11.9 Å². The fourth-order valence-corrected chi connectivity index (χ4v) is 3.63. The van der Waals surface area contributed by atoms with Crippen molar-refractivity contribution in [1.29, 1.82) is 5.26 Å². The molecule has 0 saturated heterocycles. The highest BCUT2D eigenvalue weighted by Gasteiger charge is 2.30. The van der Waals surface area contributed by atoms with Gasteiger partial charge in [-0.05, 0) is 71.8 Å². The van der Waals surface area contributed by atoms with Crippen molar-refractivity contribution in [3.05, 3.63) is 130 Å². The van der Waals surface area contributed by atoms with Gasteiger partial charge in [-0.15, -0.1) is 0 Å². The van der Waals surface area contributed by atoms with Crippen LogP contribution in [0, 0.1) is 23.0 Å². The predicted molar refractivity (Wildman–Crippen MR) is 149 cm³/mol. The molecule has 4 aromatic rings. The molecule has 0 fully saturated rings. The summed E-state index contributed by atoms with van der Waals surface area (Å²) >= 11 is 0. The molecule has 15 heteroatoms. The molecule has 246 valence electrons. The Morgan fingerprint density at radius 2 is 1.09 bits per heavy atom. The van der Waals surface area contributed by atoms with Crippen LogP contribution in [0.5, 0.6) is 11.5 Å². The first-order valence-corrected chi connectivity index (χ1v) is 13.1. The number of nitriles is 1. The number of benzene rings is 4. The van der Waals surface area contributed by atoms with Crippen LogP contribution in [0.25, 0.3) is 0 Å². The van der Waals surface area contributed by atoms with Gasteiger partial charge in [-0.3, -0.25) is 4.79 Å². The Labute approximate surface area is 261 Å². The van der Waals surface area contributed by atoms with Crippen LogP contribution in [-0.2, 0) is 25.6 Å². The third-order valence-electron chi connectivity index (χ3n) is 6.05. The van der Waals surface area contributed by atoms with Crippen LogP contribution >= 0.6 is 0 Å². The van der Waals surface area contributed by atoms with Crippen molar-refractivity contribution in [2.75, 3.05) is 6.54 Å². The molecule has 7 nitrogen and oxygen atoms in total. The van der Waals surface area contributed by atoms with E-state index in [9.17, 15) is 44.7 Å². The Bertz CT molecular complexity index is 1730. The Morgan fingerprint density at radius 3 is 1.45 bits per heavy atom. The van der Waals surface area contributed by atoms with E-state index in [1.165, 1.54) is 42.5 Å². The lowest BCUT2D eigenvalue weighted by Crippen LogP contribution is -2.23. The zero-order valence-electron chi connectivity index (χ0n) is 23.8. The first-order chi connectivity index (χ1) is 22.1. The Balaban J connectivity index is 0.000000257. The molecule has 0 atom stereocenters. The molecule has 1 amide bonds. The van der Waals surface area contributed by atoms with Crippen molar-refractivity contribution in [3.63, 3.8) is 0 Å². The minimum absolute atomic E-state index is 0.0228. The van der Waals surface area contributed by atoms with Gasteiger partial charge in [-0.25, -0.2) is 13.6 Å². The lowest BCUT2D eigenvalue weighted by atomic mass is 10.1. The maximum atomic E-state index is 13.9. The summed E-state index contributed by atoms with van der Waals surface area (Å²) in [5.74, 6) is -3.84. The number of nitrogens with zero attached hydrogens (tertiary/aromatic N) is 1. The second-order valence-electron chi connectivity index (χ2n) is 9.40. The van der Waals surface area contributed by atoms with E-state index in [1.807, 2.05) is 0 Å². The number of carboxylic acid groups (broad SMARTS) is 1. The highest BCUT2D eigenvalue weighted by atomic mass is 19.4. The second kappa shape index (κ2) is 15.6. The van der Waals surface area contributed by atoms with E-state index in [1.54, 1.807) is 6.07 Å². The molecule has 0 heterocycles. The third-order valence-corrected chi connectivity index (χ3v) is 6.05. The number of hydrogen-bond acceptors (Lipinski definition) is 5. The van der Waals surface area contributed by atoms with Gasteiger partial charge in [0.15, 0.2) is 23.1 Å². The molecule has 0 bridgehead atoms. The maximum Gasteiger partial charge on any atom is 0.416 e. The Hall–Kier alpha value is -5.65. The van der Waals surface area contributed by atoms with Gasteiger partial charge in [0.1, 0.15) is 19.8 Å². The summed E-state index contributed by atoms with van der Waals surface area (Å²) in [6.45, 7) is -0.469. The number of amides is 1. The van der Waals surface area contributed by atoms with E-state index in [0.717, 1.165) is 42.5 Å². The van der Waals surface area contributed by atoms with Gasteiger partial charge >= 0.3 is 18.3 Å². The molecule has 0 aliphatic rings. The number of carbonyl (C=O) groups excluding carboxylic acids is 1. The minimum atomic E-state index is -4.42. The summed E-state index contributed by atoms with van der Waals surface area (Å²) in [4.78, 5) is 22.3. The van der Waals surface area contributed by atoms with Gasteiger partial charge in [0.05, 0.1) is 22.8 Å². The molecule has 0 aromatic heterocycles. The zero-order valence-corrected chi connectivity index (χ0v) is 23.8. The first-order valence-electron chi connectivity index (χ1n) is 13.1. The standard InChI is InChI=1S/C17H12F4N2O2.C15H10F4O3/c18-14-9-12(16(24)23-8-7-22)3-6-15(14)25-10-11-1-4-13(5-2-11)17(19,20)21;16-12-7-10(14(20)21)3-6-13(12)22-8-9-1-4-11(5-2-9)15(17,18)19/h1-6,9H,8,10H2,(H,23,24);1-7H,8H2,(H,20,21). The smallest absolute Gasteiger partial charge is 0.416 e. The normalized spacial score (nSPS) is 11.0. The molecule has 4 rings (SSSR count). The quantitative estimate of drug-likeness (QED) is 0.139. The van der Waals surface area contributed by atoms with Crippen molar-refractivity contribution in [1.82, 2.24) is 5.32 Å². The molecule has 0 aliphatic heterocycles. The Kier molecular flexibility index (Phi) is 11.9. The highest BCUT2D eigenvalue weighted by Crippen LogP contribution is 2.30. The molecule has 2 N–H and O–H groups in total. The van der Waals surface area contributed by atoms with E-state index >= 15 is 0 Å². The maximum absolute atomic E-state index is 13.9. The SMILES string of the molecule is N#CCNC(=O)c1ccc(OCc2ccc(C(F)(F)F)cc2)c(F)c1.O=C(O)c1ccc(OCc2ccc(C(F)(F)F)cc2)c(F)c1.